The highest BCUT2D eigenvalue weighted by atomic mass is 19.1. The zero-order valence-corrected chi connectivity index (χ0v) is 15.0. The summed E-state index contributed by atoms with van der Waals surface area (Å²) >= 11 is 0. The lowest BCUT2D eigenvalue weighted by Gasteiger charge is -2.43. The van der Waals surface area contributed by atoms with Crippen molar-refractivity contribution in [1.82, 2.24) is 15.2 Å². The number of aromatic nitrogens is 3. The van der Waals surface area contributed by atoms with Crippen molar-refractivity contribution in [2.45, 2.75) is 31.0 Å². The molecule has 1 aliphatic rings. The molecule has 0 aliphatic heterocycles. The van der Waals surface area contributed by atoms with E-state index in [1.165, 1.54) is 0 Å². The van der Waals surface area contributed by atoms with E-state index in [0.717, 1.165) is 22.5 Å². The van der Waals surface area contributed by atoms with Gasteiger partial charge in [0.1, 0.15) is 12.0 Å². The molecule has 2 aromatic heterocycles. The first kappa shape index (κ1) is 17.5. The minimum absolute atomic E-state index is 0.279. The average Bonchev–Trinajstić information content (AvgIpc) is 2.71. The van der Waals surface area contributed by atoms with Gasteiger partial charge >= 0.3 is 0 Å². The molecule has 138 valence electrons. The Hall–Kier alpha value is -2.86. The third-order valence-corrected chi connectivity index (χ3v) is 5.19. The Morgan fingerprint density at radius 1 is 1.04 bits per heavy atom. The molecule has 5 nitrogen and oxygen atoms in total. The Kier molecular flexibility index (Phi) is 4.81. The van der Waals surface area contributed by atoms with Crippen molar-refractivity contribution in [1.29, 1.82) is 0 Å². The first-order valence-electron chi connectivity index (χ1n) is 9.11. The van der Waals surface area contributed by atoms with Crippen LogP contribution in [0, 0.1) is 0 Å². The Morgan fingerprint density at radius 3 is 2.44 bits per heavy atom. The molecule has 0 radical (unpaired) electrons. The Bertz CT molecular complexity index is 875. The number of nitrogens with two attached hydrogens (primary N) is 1. The van der Waals surface area contributed by atoms with Crippen molar-refractivity contribution in [3.63, 3.8) is 0 Å². The summed E-state index contributed by atoms with van der Waals surface area (Å²) in [6.45, 7) is 1.11. The van der Waals surface area contributed by atoms with E-state index in [-0.39, 0.29) is 5.41 Å². The molecule has 6 heteroatoms. The minimum Gasteiger partial charge on any atom is -0.368 e. The van der Waals surface area contributed by atoms with Crippen LogP contribution in [0.1, 0.15) is 24.1 Å². The third kappa shape index (κ3) is 3.66. The van der Waals surface area contributed by atoms with Crippen LogP contribution in [-0.2, 0) is 12.0 Å². The number of nitrogens with zero attached hydrogens (tertiary/aromatic N) is 3. The second-order valence-corrected chi connectivity index (χ2v) is 7.06. The lowest BCUT2D eigenvalue weighted by Crippen LogP contribution is -2.48. The average molecular weight is 363 g/mol. The van der Waals surface area contributed by atoms with Crippen LogP contribution < -0.4 is 11.1 Å². The van der Waals surface area contributed by atoms with E-state index in [0.29, 0.717) is 31.7 Å². The maximum atomic E-state index is 13.6. The van der Waals surface area contributed by atoms with E-state index in [4.69, 9.17) is 5.73 Å². The molecule has 27 heavy (non-hydrogen) atoms. The Balaban J connectivity index is 1.45. The fourth-order valence-corrected chi connectivity index (χ4v) is 3.56. The number of pyridine rings is 1. The van der Waals surface area contributed by atoms with Gasteiger partial charge in [-0.15, -0.1) is 10.2 Å². The molecule has 0 amide bonds. The maximum Gasteiger partial charge on any atom is 0.148 e. The fraction of sp³-hybridized carbons (Fsp3) is 0.286. The van der Waals surface area contributed by atoms with Gasteiger partial charge in [0.2, 0.25) is 0 Å². The number of hydrogen-bond donors (Lipinski definition) is 2. The van der Waals surface area contributed by atoms with Gasteiger partial charge in [0.15, 0.2) is 0 Å². The highest BCUT2D eigenvalue weighted by Crippen LogP contribution is 2.44. The van der Waals surface area contributed by atoms with Crippen molar-refractivity contribution in [3.05, 3.63) is 72.1 Å². The predicted molar refractivity (Wildman–Crippen MR) is 104 cm³/mol. The highest BCUT2D eigenvalue weighted by molar-refractivity contribution is 5.60. The lowest BCUT2D eigenvalue weighted by atomic mass is 9.65. The topological polar surface area (TPSA) is 76.7 Å². The molecule has 0 spiro atoms. The van der Waals surface area contributed by atoms with Crippen LogP contribution in [0.25, 0.3) is 11.3 Å². The summed E-state index contributed by atoms with van der Waals surface area (Å²) in [5.74, 6) is 0.676. The summed E-state index contributed by atoms with van der Waals surface area (Å²) in [6, 6.07) is 17.6. The summed E-state index contributed by atoms with van der Waals surface area (Å²) in [5.41, 5.74) is 9.16. The molecular weight excluding hydrogens is 341 g/mol. The maximum absolute atomic E-state index is 13.6. The normalized spacial score (nSPS) is 21.5. The molecule has 1 fully saturated rings. The van der Waals surface area contributed by atoms with E-state index in [1.54, 1.807) is 6.20 Å². The lowest BCUT2D eigenvalue weighted by molar-refractivity contribution is 0.0996. The van der Waals surface area contributed by atoms with Crippen LogP contribution in [0.2, 0.25) is 0 Å². The molecule has 3 aromatic rings. The van der Waals surface area contributed by atoms with Crippen LogP contribution in [0.5, 0.6) is 0 Å². The molecule has 1 aromatic carbocycles. The van der Waals surface area contributed by atoms with Crippen molar-refractivity contribution in [2.24, 2.45) is 5.73 Å². The van der Waals surface area contributed by atoms with Crippen molar-refractivity contribution >= 4 is 5.82 Å². The van der Waals surface area contributed by atoms with Crippen LogP contribution in [0.3, 0.4) is 0 Å². The number of alkyl halides is 1. The van der Waals surface area contributed by atoms with E-state index in [1.807, 2.05) is 54.6 Å². The first-order valence-corrected chi connectivity index (χ1v) is 9.11. The van der Waals surface area contributed by atoms with Gasteiger partial charge in [-0.3, -0.25) is 4.98 Å². The van der Waals surface area contributed by atoms with Gasteiger partial charge in [-0.25, -0.2) is 4.39 Å². The molecule has 2 heterocycles. The summed E-state index contributed by atoms with van der Waals surface area (Å²) in [5, 5.41) is 11.9. The first-order chi connectivity index (χ1) is 13.2. The van der Waals surface area contributed by atoms with Gasteiger partial charge in [-0.2, -0.15) is 0 Å². The van der Waals surface area contributed by atoms with Crippen molar-refractivity contribution < 1.29 is 4.39 Å². The summed E-state index contributed by atoms with van der Waals surface area (Å²) in [7, 11) is 0. The molecule has 4 rings (SSSR count). The van der Waals surface area contributed by atoms with E-state index in [2.05, 4.69) is 20.5 Å². The standard InChI is InChI=1S/C21H22FN5/c22-17-11-21(12-17,19-3-1-2-10-24-19)14-25-20-9-8-18(26-27-20)16-6-4-15(13-23)5-7-16/h1-10,17H,11-14,23H2,(H,25,27). The predicted octanol–water partition coefficient (Wildman–Crippen LogP) is 3.48. The van der Waals surface area contributed by atoms with E-state index in [9.17, 15) is 4.39 Å². The molecule has 0 atom stereocenters. The number of nitrogens with one attached hydrogen (secondary N) is 1. The monoisotopic (exact) mass is 363 g/mol. The quantitative estimate of drug-likeness (QED) is 0.701. The smallest absolute Gasteiger partial charge is 0.148 e. The molecule has 0 saturated heterocycles. The summed E-state index contributed by atoms with van der Waals surface area (Å²) in [4.78, 5) is 4.44. The molecule has 1 saturated carbocycles. The SMILES string of the molecule is NCc1ccc(-c2ccc(NCC3(c4ccccn4)CC(F)C3)nn2)cc1. The van der Waals surface area contributed by atoms with Gasteiger partial charge in [-0.1, -0.05) is 30.3 Å². The fourth-order valence-electron chi connectivity index (χ4n) is 3.56. The number of hydrogen-bond acceptors (Lipinski definition) is 5. The zero-order chi connectivity index (χ0) is 18.7. The number of benzene rings is 1. The van der Waals surface area contributed by atoms with E-state index >= 15 is 0 Å². The van der Waals surface area contributed by atoms with Gasteiger partial charge in [0.25, 0.3) is 0 Å². The van der Waals surface area contributed by atoms with Gasteiger partial charge in [0, 0.05) is 36.0 Å². The molecule has 1 aliphatic carbocycles. The number of halogens is 1. The van der Waals surface area contributed by atoms with Gasteiger partial charge < -0.3 is 11.1 Å². The Morgan fingerprint density at radius 2 is 1.85 bits per heavy atom. The zero-order valence-electron chi connectivity index (χ0n) is 15.0. The second-order valence-electron chi connectivity index (χ2n) is 7.06. The van der Waals surface area contributed by atoms with Crippen molar-refractivity contribution in [3.8, 4) is 11.3 Å². The molecule has 0 bridgehead atoms. The number of anilines is 1. The van der Waals surface area contributed by atoms with Crippen LogP contribution in [0.4, 0.5) is 10.2 Å². The van der Waals surface area contributed by atoms with Crippen LogP contribution in [-0.4, -0.2) is 27.9 Å². The van der Waals surface area contributed by atoms with E-state index < -0.39 is 6.17 Å². The highest BCUT2D eigenvalue weighted by Gasteiger charge is 2.46. The largest absolute Gasteiger partial charge is 0.368 e. The summed E-state index contributed by atoms with van der Waals surface area (Å²) < 4.78 is 13.6. The van der Waals surface area contributed by atoms with Gasteiger partial charge in [-0.05, 0) is 42.7 Å². The summed E-state index contributed by atoms with van der Waals surface area (Å²) in [6.07, 6.45) is 1.96. The van der Waals surface area contributed by atoms with Crippen molar-refractivity contribution in [2.75, 3.05) is 11.9 Å². The van der Waals surface area contributed by atoms with Crippen LogP contribution in [0.15, 0.2) is 60.8 Å². The third-order valence-electron chi connectivity index (χ3n) is 5.19. The minimum atomic E-state index is -0.765. The Labute approximate surface area is 157 Å². The molecular formula is C21H22FN5. The van der Waals surface area contributed by atoms with Crippen LogP contribution >= 0.6 is 0 Å². The molecule has 0 unspecified atom stereocenters. The molecule has 3 N–H and O–H groups in total. The second kappa shape index (κ2) is 7.40. The van der Waals surface area contributed by atoms with Gasteiger partial charge in [0.05, 0.1) is 5.69 Å². The number of rotatable bonds is 6.